The molecule has 1 heterocycles. The second-order valence-electron chi connectivity index (χ2n) is 5.30. The molecular formula is C15H19Cl2N3O2S. The molecule has 0 atom stereocenters. The summed E-state index contributed by atoms with van der Waals surface area (Å²) in [6, 6.07) is 4.30. The average molecular weight is 376 g/mol. The summed E-state index contributed by atoms with van der Waals surface area (Å²) >= 11 is 11.8. The van der Waals surface area contributed by atoms with Crippen molar-refractivity contribution in [2.24, 2.45) is 0 Å². The van der Waals surface area contributed by atoms with Gasteiger partial charge in [0, 0.05) is 31.4 Å². The van der Waals surface area contributed by atoms with Gasteiger partial charge in [0.05, 0.1) is 20.6 Å². The lowest BCUT2D eigenvalue weighted by molar-refractivity contribution is 0.465. The topological polar surface area (TPSA) is 55.2 Å². The maximum atomic E-state index is 12.7. The Morgan fingerprint density at radius 1 is 1.22 bits per heavy atom. The zero-order valence-corrected chi connectivity index (χ0v) is 15.8. The molecule has 0 amide bonds. The predicted molar refractivity (Wildman–Crippen MR) is 92.5 cm³/mol. The smallest absolute Gasteiger partial charge is 0.243 e. The van der Waals surface area contributed by atoms with Crippen molar-refractivity contribution in [2.45, 2.75) is 38.8 Å². The van der Waals surface area contributed by atoms with Crippen LogP contribution in [0.4, 0.5) is 0 Å². The quantitative estimate of drug-likeness (QED) is 0.801. The van der Waals surface area contributed by atoms with E-state index in [1.807, 2.05) is 25.5 Å². The Labute approximate surface area is 146 Å². The number of benzene rings is 1. The zero-order valence-electron chi connectivity index (χ0n) is 13.5. The first-order valence-electron chi connectivity index (χ1n) is 7.12. The summed E-state index contributed by atoms with van der Waals surface area (Å²) in [6.45, 7) is 6.82. The van der Waals surface area contributed by atoms with Gasteiger partial charge in [-0.1, -0.05) is 23.2 Å². The van der Waals surface area contributed by atoms with E-state index in [2.05, 4.69) is 5.10 Å². The minimum absolute atomic E-state index is 0.118. The van der Waals surface area contributed by atoms with Gasteiger partial charge < -0.3 is 0 Å². The predicted octanol–water partition coefficient (Wildman–Crippen LogP) is 3.65. The largest absolute Gasteiger partial charge is 0.270 e. The van der Waals surface area contributed by atoms with Crippen LogP contribution in [0.1, 0.15) is 23.9 Å². The summed E-state index contributed by atoms with van der Waals surface area (Å²) in [7, 11) is -2.11. The summed E-state index contributed by atoms with van der Waals surface area (Å²) in [5, 5.41) is 4.96. The molecule has 0 saturated heterocycles. The molecule has 0 fully saturated rings. The van der Waals surface area contributed by atoms with Crippen LogP contribution in [0.5, 0.6) is 0 Å². The Hall–Kier alpha value is -1.08. The molecule has 1 aromatic carbocycles. The molecule has 0 radical (unpaired) electrons. The SMILES string of the molecule is CCn1nc(C)c(CN(C)S(=O)(=O)c2ccc(Cl)c(Cl)c2)c1C. The van der Waals surface area contributed by atoms with E-state index in [0.717, 1.165) is 23.5 Å². The van der Waals surface area contributed by atoms with Crippen LogP contribution in [-0.2, 0) is 23.1 Å². The molecule has 0 aliphatic heterocycles. The van der Waals surface area contributed by atoms with E-state index in [1.165, 1.54) is 22.5 Å². The highest BCUT2D eigenvalue weighted by atomic mass is 35.5. The van der Waals surface area contributed by atoms with E-state index >= 15 is 0 Å². The second kappa shape index (κ2) is 6.81. The monoisotopic (exact) mass is 375 g/mol. The molecule has 1 aromatic heterocycles. The summed E-state index contributed by atoms with van der Waals surface area (Å²) < 4.78 is 28.6. The first-order chi connectivity index (χ1) is 10.7. The number of hydrogen-bond donors (Lipinski definition) is 0. The summed E-state index contributed by atoms with van der Waals surface area (Å²) in [6.07, 6.45) is 0. The molecule has 23 heavy (non-hydrogen) atoms. The molecule has 2 rings (SSSR count). The number of hydrogen-bond acceptors (Lipinski definition) is 3. The highest BCUT2D eigenvalue weighted by molar-refractivity contribution is 7.89. The van der Waals surface area contributed by atoms with Gasteiger partial charge in [-0.05, 0) is 39.0 Å². The molecule has 0 aliphatic rings. The number of sulfonamides is 1. The van der Waals surface area contributed by atoms with Crippen molar-refractivity contribution < 1.29 is 8.42 Å². The van der Waals surface area contributed by atoms with E-state index < -0.39 is 10.0 Å². The van der Waals surface area contributed by atoms with Gasteiger partial charge in [-0.2, -0.15) is 9.40 Å². The van der Waals surface area contributed by atoms with E-state index in [1.54, 1.807) is 7.05 Å². The molecule has 2 aromatic rings. The zero-order chi connectivity index (χ0) is 17.4. The number of aryl methyl sites for hydroxylation is 2. The van der Waals surface area contributed by atoms with Gasteiger partial charge in [0.25, 0.3) is 0 Å². The van der Waals surface area contributed by atoms with Gasteiger partial charge in [-0.25, -0.2) is 8.42 Å². The van der Waals surface area contributed by atoms with Crippen molar-refractivity contribution in [2.75, 3.05) is 7.05 Å². The van der Waals surface area contributed by atoms with E-state index in [9.17, 15) is 8.42 Å². The minimum Gasteiger partial charge on any atom is -0.270 e. The van der Waals surface area contributed by atoms with Crippen molar-refractivity contribution in [3.63, 3.8) is 0 Å². The molecule has 5 nitrogen and oxygen atoms in total. The maximum absolute atomic E-state index is 12.7. The lowest BCUT2D eigenvalue weighted by Crippen LogP contribution is -2.27. The highest BCUT2D eigenvalue weighted by Gasteiger charge is 2.24. The normalized spacial score (nSPS) is 12.1. The Bertz CT molecular complexity index is 831. The first kappa shape index (κ1) is 18.3. The average Bonchev–Trinajstić information content (AvgIpc) is 2.77. The number of rotatable bonds is 5. The standard InChI is InChI=1S/C15H19Cl2N3O2S/c1-5-20-11(3)13(10(2)18-20)9-19(4)23(21,22)12-6-7-14(16)15(17)8-12/h6-8H,5,9H2,1-4H3. The third kappa shape index (κ3) is 3.55. The van der Waals surface area contributed by atoms with Gasteiger partial charge >= 0.3 is 0 Å². The van der Waals surface area contributed by atoms with Crippen LogP contribution in [0.3, 0.4) is 0 Å². The Kier molecular flexibility index (Phi) is 5.41. The van der Waals surface area contributed by atoms with Gasteiger partial charge in [0.2, 0.25) is 10.0 Å². The number of aromatic nitrogens is 2. The summed E-state index contributed by atoms with van der Waals surface area (Å²) in [5.41, 5.74) is 2.72. The molecule has 0 aliphatic carbocycles. The second-order valence-corrected chi connectivity index (χ2v) is 8.16. The van der Waals surface area contributed by atoms with E-state index in [-0.39, 0.29) is 16.5 Å². The fraction of sp³-hybridized carbons (Fsp3) is 0.400. The lowest BCUT2D eigenvalue weighted by Gasteiger charge is -2.18. The van der Waals surface area contributed by atoms with Crippen LogP contribution in [0.2, 0.25) is 10.0 Å². The van der Waals surface area contributed by atoms with Crippen LogP contribution in [0, 0.1) is 13.8 Å². The van der Waals surface area contributed by atoms with Gasteiger partial charge in [-0.3, -0.25) is 4.68 Å². The van der Waals surface area contributed by atoms with Crippen molar-refractivity contribution in [3.05, 3.63) is 45.2 Å². The maximum Gasteiger partial charge on any atom is 0.243 e. The Balaban J connectivity index is 2.34. The number of halogens is 2. The highest BCUT2D eigenvalue weighted by Crippen LogP contribution is 2.27. The molecule has 0 N–H and O–H groups in total. The van der Waals surface area contributed by atoms with Crippen molar-refractivity contribution in [1.29, 1.82) is 0 Å². The molecule has 0 bridgehead atoms. The van der Waals surface area contributed by atoms with Crippen LogP contribution in [0.15, 0.2) is 23.1 Å². The molecule has 8 heteroatoms. The fourth-order valence-electron chi connectivity index (χ4n) is 2.40. The molecule has 0 saturated carbocycles. The van der Waals surface area contributed by atoms with Gasteiger partial charge in [0.1, 0.15) is 0 Å². The lowest BCUT2D eigenvalue weighted by atomic mass is 10.2. The molecular weight excluding hydrogens is 357 g/mol. The van der Waals surface area contributed by atoms with Crippen LogP contribution in [0.25, 0.3) is 0 Å². The van der Waals surface area contributed by atoms with Crippen molar-refractivity contribution in [1.82, 2.24) is 14.1 Å². The summed E-state index contributed by atoms with van der Waals surface area (Å²) in [4.78, 5) is 0.118. The Morgan fingerprint density at radius 3 is 2.39 bits per heavy atom. The van der Waals surface area contributed by atoms with Crippen LogP contribution >= 0.6 is 23.2 Å². The summed E-state index contributed by atoms with van der Waals surface area (Å²) in [5.74, 6) is 0. The number of nitrogens with zero attached hydrogens (tertiary/aromatic N) is 3. The first-order valence-corrected chi connectivity index (χ1v) is 9.32. The van der Waals surface area contributed by atoms with Crippen LogP contribution in [-0.4, -0.2) is 29.6 Å². The third-order valence-corrected chi connectivity index (χ3v) is 6.35. The molecule has 0 spiro atoms. The van der Waals surface area contributed by atoms with Gasteiger partial charge in [-0.15, -0.1) is 0 Å². The van der Waals surface area contributed by atoms with Crippen LogP contribution < -0.4 is 0 Å². The molecule has 126 valence electrons. The van der Waals surface area contributed by atoms with Crippen molar-refractivity contribution in [3.8, 4) is 0 Å². The molecule has 0 unspecified atom stereocenters. The van der Waals surface area contributed by atoms with E-state index in [0.29, 0.717) is 5.02 Å². The van der Waals surface area contributed by atoms with Gasteiger partial charge in [0.15, 0.2) is 0 Å². The third-order valence-electron chi connectivity index (χ3n) is 3.81. The van der Waals surface area contributed by atoms with Crippen molar-refractivity contribution >= 4 is 33.2 Å². The fourth-order valence-corrected chi connectivity index (χ4v) is 3.92. The minimum atomic E-state index is -3.65. The Morgan fingerprint density at radius 2 is 1.87 bits per heavy atom. The van der Waals surface area contributed by atoms with E-state index in [4.69, 9.17) is 23.2 Å².